The molecule has 80 valence electrons. The molecule has 0 aliphatic heterocycles. The van der Waals surface area contributed by atoms with Gasteiger partial charge in [0, 0.05) is 13.7 Å². The van der Waals surface area contributed by atoms with Gasteiger partial charge in [-0.05, 0) is 32.1 Å². The summed E-state index contributed by atoms with van der Waals surface area (Å²) in [5.41, 5.74) is -0.127. The number of hydrogen-bond acceptors (Lipinski definition) is 2. The van der Waals surface area contributed by atoms with E-state index in [-0.39, 0.29) is 12.2 Å². The molecule has 13 heavy (non-hydrogen) atoms. The molecule has 0 heterocycles. The molecule has 0 aliphatic rings. The first-order valence-corrected chi connectivity index (χ1v) is 5.24. The molecule has 0 aromatic heterocycles. The van der Waals surface area contributed by atoms with Crippen LogP contribution in [-0.2, 0) is 4.74 Å². The van der Waals surface area contributed by atoms with E-state index < -0.39 is 0 Å². The fourth-order valence-electron chi connectivity index (χ4n) is 1.32. The molecule has 0 aromatic carbocycles. The maximum absolute atomic E-state index is 8.88. The van der Waals surface area contributed by atoms with Crippen molar-refractivity contribution in [3.63, 3.8) is 0 Å². The number of ether oxygens (including phenoxy) is 1. The molecule has 2 heteroatoms. The highest BCUT2D eigenvalue weighted by Crippen LogP contribution is 2.24. The van der Waals surface area contributed by atoms with Crippen LogP contribution in [0, 0.1) is 5.92 Å². The molecule has 2 unspecified atom stereocenters. The molecule has 0 aliphatic carbocycles. The van der Waals surface area contributed by atoms with Crippen molar-refractivity contribution in [2.45, 2.75) is 52.1 Å². The molecule has 0 amide bonds. The van der Waals surface area contributed by atoms with E-state index in [0.717, 1.165) is 18.8 Å². The number of rotatable bonds is 7. The van der Waals surface area contributed by atoms with Gasteiger partial charge in [-0.25, -0.2) is 0 Å². The first-order valence-electron chi connectivity index (χ1n) is 5.24. The van der Waals surface area contributed by atoms with E-state index in [1.165, 1.54) is 12.8 Å². The van der Waals surface area contributed by atoms with Gasteiger partial charge in [-0.15, -0.1) is 0 Å². The van der Waals surface area contributed by atoms with Crippen molar-refractivity contribution in [1.82, 2.24) is 0 Å². The van der Waals surface area contributed by atoms with Crippen LogP contribution >= 0.6 is 0 Å². The minimum absolute atomic E-state index is 0.127. The molecule has 0 saturated heterocycles. The second-order valence-corrected chi connectivity index (χ2v) is 4.18. The fraction of sp³-hybridized carbons (Fsp3) is 1.00. The Morgan fingerprint density at radius 3 is 2.38 bits per heavy atom. The Kier molecular flexibility index (Phi) is 6.35. The molecule has 0 saturated carbocycles. The highest BCUT2D eigenvalue weighted by atomic mass is 16.5. The zero-order valence-corrected chi connectivity index (χ0v) is 9.47. The van der Waals surface area contributed by atoms with Gasteiger partial charge in [0.1, 0.15) is 0 Å². The summed E-state index contributed by atoms with van der Waals surface area (Å²) in [7, 11) is 1.73. The minimum atomic E-state index is -0.127. The van der Waals surface area contributed by atoms with E-state index in [1.807, 2.05) is 0 Å². The summed E-state index contributed by atoms with van der Waals surface area (Å²) >= 11 is 0. The quantitative estimate of drug-likeness (QED) is 0.665. The molecular weight excluding hydrogens is 164 g/mol. The van der Waals surface area contributed by atoms with Gasteiger partial charge in [0.15, 0.2) is 0 Å². The Labute approximate surface area is 82.3 Å². The van der Waals surface area contributed by atoms with E-state index in [0.29, 0.717) is 0 Å². The normalized spacial score (nSPS) is 18.2. The molecule has 0 spiro atoms. The average Bonchev–Trinajstić information content (AvgIpc) is 2.15. The van der Waals surface area contributed by atoms with Crippen LogP contribution in [0.1, 0.15) is 46.5 Å². The lowest BCUT2D eigenvalue weighted by Gasteiger charge is -2.28. The third kappa shape index (κ3) is 5.27. The zero-order valence-electron chi connectivity index (χ0n) is 9.47. The van der Waals surface area contributed by atoms with E-state index in [4.69, 9.17) is 9.84 Å². The van der Waals surface area contributed by atoms with Crippen LogP contribution in [0.3, 0.4) is 0 Å². The van der Waals surface area contributed by atoms with E-state index in [2.05, 4.69) is 20.8 Å². The zero-order chi connectivity index (χ0) is 10.3. The lowest BCUT2D eigenvalue weighted by Crippen LogP contribution is -2.29. The Balaban J connectivity index is 3.82. The SMILES string of the molecule is CCC(C)CCC(C)(CCO)OC. The standard InChI is InChI=1S/C11H24O2/c1-5-10(2)6-7-11(3,13-4)8-9-12/h10,12H,5-9H2,1-4H3. The molecule has 0 fully saturated rings. The van der Waals surface area contributed by atoms with E-state index in [1.54, 1.807) is 7.11 Å². The van der Waals surface area contributed by atoms with Gasteiger partial charge in [-0.1, -0.05) is 20.3 Å². The van der Waals surface area contributed by atoms with E-state index in [9.17, 15) is 0 Å². The summed E-state index contributed by atoms with van der Waals surface area (Å²) in [6.07, 6.45) is 4.18. The highest BCUT2D eigenvalue weighted by molar-refractivity contribution is 4.75. The molecule has 1 N–H and O–H groups in total. The van der Waals surface area contributed by atoms with Gasteiger partial charge < -0.3 is 9.84 Å². The van der Waals surface area contributed by atoms with Crippen LogP contribution in [0.25, 0.3) is 0 Å². The van der Waals surface area contributed by atoms with Gasteiger partial charge in [-0.2, -0.15) is 0 Å². The summed E-state index contributed by atoms with van der Waals surface area (Å²) in [6, 6.07) is 0. The van der Waals surface area contributed by atoms with Crippen LogP contribution in [-0.4, -0.2) is 24.4 Å². The minimum Gasteiger partial charge on any atom is -0.396 e. The van der Waals surface area contributed by atoms with Crippen molar-refractivity contribution >= 4 is 0 Å². The average molecular weight is 188 g/mol. The molecule has 0 aromatic rings. The van der Waals surface area contributed by atoms with Crippen LogP contribution in [0.2, 0.25) is 0 Å². The van der Waals surface area contributed by atoms with Crippen molar-refractivity contribution in [3.05, 3.63) is 0 Å². The van der Waals surface area contributed by atoms with Crippen molar-refractivity contribution < 1.29 is 9.84 Å². The summed E-state index contributed by atoms with van der Waals surface area (Å²) in [6.45, 7) is 6.76. The van der Waals surface area contributed by atoms with Crippen molar-refractivity contribution in [2.75, 3.05) is 13.7 Å². The number of hydrogen-bond donors (Lipinski definition) is 1. The summed E-state index contributed by atoms with van der Waals surface area (Å²) in [5.74, 6) is 0.758. The summed E-state index contributed by atoms with van der Waals surface area (Å²) in [5, 5.41) is 8.88. The second-order valence-electron chi connectivity index (χ2n) is 4.18. The lowest BCUT2D eigenvalue weighted by molar-refractivity contribution is -0.0233. The topological polar surface area (TPSA) is 29.5 Å². The number of aliphatic hydroxyl groups is 1. The van der Waals surface area contributed by atoms with Crippen molar-refractivity contribution in [1.29, 1.82) is 0 Å². The largest absolute Gasteiger partial charge is 0.396 e. The Hall–Kier alpha value is -0.0800. The van der Waals surface area contributed by atoms with Crippen LogP contribution in [0.4, 0.5) is 0 Å². The first-order chi connectivity index (χ1) is 6.08. The van der Waals surface area contributed by atoms with Gasteiger partial charge >= 0.3 is 0 Å². The van der Waals surface area contributed by atoms with Crippen LogP contribution in [0.5, 0.6) is 0 Å². The van der Waals surface area contributed by atoms with Crippen LogP contribution < -0.4 is 0 Å². The molecule has 0 radical (unpaired) electrons. The smallest absolute Gasteiger partial charge is 0.0672 e. The first kappa shape index (κ1) is 12.9. The Morgan fingerprint density at radius 2 is 2.00 bits per heavy atom. The van der Waals surface area contributed by atoms with Gasteiger partial charge in [0.05, 0.1) is 5.60 Å². The van der Waals surface area contributed by atoms with Gasteiger partial charge in [-0.3, -0.25) is 0 Å². The maximum Gasteiger partial charge on any atom is 0.0672 e. The Morgan fingerprint density at radius 1 is 1.38 bits per heavy atom. The van der Waals surface area contributed by atoms with Crippen molar-refractivity contribution in [3.8, 4) is 0 Å². The predicted octanol–water partition coefficient (Wildman–Crippen LogP) is 2.60. The third-order valence-corrected chi connectivity index (χ3v) is 3.00. The number of aliphatic hydroxyl groups excluding tert-OH is 1. The monoisotopic (exact) mass is 188 g/mol. The fourth-order valence-corrected chi connectivity index (χ4v) is 1.32. The predicted molar refractivity (Wildman–Crippen MR) is 55.8 cm³/mol. The summed E-state index contributed by atoms with van der Waals surface area (Å²) in [4.78, 5) is 0. The number of methoxy groups -OCH3 is 1. The molecule has 2 atom stereocenters. The highest BCUT2D eigenvalue weighted by Gasteiger charge is 2.22. The van der Waals surface area contributed by atoms with Gasteiger partial charge in [0.2, 0.25) is 0 Å². The molecule has 0 rings (SSSR count). The van der Waals surface area contributed by atoms with Crippen LogP contribution in [0.15, 0.2) is 0 Å². The lowest BCUT2D eigenvalue weighted by atomic mass is 9.91. The Bertz CT molecular complexity index is 125. The van der Waals surface area contributed by atoms with Gasteiger partial charge in [0.25, 0.3) is 0 Å². The molecule has 0 bridgehead atoms. The second kappa shape index (κ2) is 6.39. The van der Waals surface area contributed by atoms with E-state index >= 15 is 0 Å². The third-order valence-electron chi connectivity index (χ3n) is 3.00. The summed E-state index contributed by atoms with van der Waals surface area (Å²) < 4.78 is 5.41. The maximum atomic E-state index is 8.88. The molecular formula is C11H24O2. The molecule has 2 nitrogen and oxygen atoms in total. The van der Waals surface area contributed by atoms with Crippen molar-refractivity contribution in [2.24, 2.45) is 5.92 Å².